The first-order valence-electron chi connectivity index (χ1n) is 23.6. The topological polar surface area (TPSA) is 246 Å². The molecule has 71 heavy (non-hydrogen) atoms. The Bertz CT molecular complexity index is 3010. The summed E-state index contributed by atoms with van der Waals surface area (Å²) in [5.41, 5.74) is 5.65. The molecule has 0 spiro atoms. The maximum Gasteiger partial charge on any atom is 0.343 e. The largest absolute Gasteiger partial charge is 0.458 e. The van der Waals surface area contributed by atoms with Crippen LogP contribution >= 0.6 is 0 Å². The highest BCUT2D eigenvalue weighted by atomic mass is 32.2. The van der Waals surface area contributed by atoms with E-state index in [4.69, 9.17) is 31.1 Å². The highest BCUT2D eigenvalue weighted by Gasteiger charge is 2.41. The highest BCUT2D eigenvalue weighted by Crippen LogP contribution is 2.38. The summed E-state index contributed by atoms with van der Waals surface area (Å²) in [4.78, 5) is 31.1. The van der Waals surface area contributed by atoms with Crippen LogP contribution in [0, 0.1) is 74.7 Å². The minimum Gasteiger partial charge on any atom is -0.458 e. The van der Waals surface area contributed by atoms with E-state index in [-0.39, 0.29) is 65.2 Å². The van der Waals surface area contributed by atoms with Gasteiger partial charge in [-0.25, -0.2) is 32.8 Å². The van der Waals surface area contributed by atoms with Crippen molar-refractivity contribution in [3.8, 4) is 12.1 Å². The first-order chi connectivity index (χ1) is 33.9. The molecule has 2 unspecified atom stereocenters. The number of aliphatic hydroxyl groups is 1. The summed E-state index contributed by atoms with van der Waals surface area (Å²) < 4.78 is 40.2. The van der Waals surface area contributed by atoms with Crippen LogP contribution in [0.5, 0.6) is 0 Å². The molecule has 1 aliphatic carbocycles. The minimum absolute atomic E-state index is 0.0163. The number of esters is 1. The maximum absolute atomic E-state index is 13.7. The van der Waals surface area contributed by atoms with Crippen LogP contribution in [-0.2, 0) is 24.3 Å². The lowest BCUT2D eigenvalue weighted by molar-refractivity contribution is -0.152. The number of rotatable bonds is 17. The van der Waals surface area contributed by atoms with Crippen molar-refractivity contribution in [3.05, 3.63) is 93.5 Å². The number of nitriles is 2. The summed E-state index contributed by atoms with van der Waals surface area (Å²) in [6, 6.07) is 15.8. The van der Waals surface area contributed by atoms with Crippen molar-refractivity contribution in [1.29, 1.82) is 10.5 Å². The number of likely N-dealkylation sites (N-methyl/N-ethyl adjacent to an activating group) is 2. The third-order valence-corrected chi connectivity index (χ3v) is 13.4. The summed E-state index contributed by atoms with van der Waals surface area (Å²) in [5, 5.41) is 44.7. The molecule has 4 aromatic rings. The molecule has 0 amide bonds. The van der Waals surface area contributed by atoms with Gasteiger partial charge in [0.05, 0.1) is 50.1 Å². The molecule has 0 radical (unpaired) electrons. The Balaban J connectivity index is 0.000000244. The first-order valence-corrected chi connectivity index (χ1v) is 25.5. The molecule has 1 saturated carbocycles. The molecule has 20 nitrogen and oxygen atoms in total. The number of sulfonamides is 1. The van der Waals surface area contributed by atoms with Gasteiger partial charge in [0.25, 0.3) is 0 Å². The molecule has 7 rings (SSSR count). The average Bonchev–Trinajstić information content (AvgIpc) is 4.07. The van der Waals surface area contributed by atoms with Gasteiger partial charge < -0.3 is 24.4 Å². The van der Waals surface area contributed by atoms with Crippen LogP contribution in [0.25, 0.3) is 16.0 Å². The maximum atomic E-state index is 13.7. The Morgan fingerprint density at radius 1 is 0.845 bits per heavy atom. The molecular formula is C50H62N14O6S. The third kappa shape index (κ3) is 11.9. The van der Waals surface area contributed by atoms with Crippen LogP contribution < -0.4 is 14.5 Å². The number of nitrogens with zero attached hydrogens (tertiary/aromatic N) is 13. The van der Waals surface area contributed by atoms with Crippen molar-refractivity contribution >= 4 is 61.6 Å². The number of carbonyl (C=O) groups excluding carboxylic acids is 1. The summed E-state index contributed by atoms with van der Waals surface area (Å²) >= 11 is 0. The van der Waals surface area contributed by atoms with E-state index in [1.54, 1.807) is 23.0 Å². The van der Waals surface area contributed by atoms with E-state index >= 15 is 0 Å². The van der Waals surface area contributed by atoms with E-state index in [1.807, 2.05) is 57.2 Å². The molecule has 0 bridgehead atoms. The zero-order chi connectivity index (χ0) is 51.7. The van der Waals surface area contributed by atoms with Crippen molar-refractivity contribution in [2.45, 2.75) is 81.3 Å². The van der Waals surface area contributed by atoms with E-state index in [9.17, 15) is 23.7 Å². The van der Waals surface area contributed by atoms with Gasteiger partial charge in [0.2, 0.25) is 15.7 Å². The Morgan fingerprint density at radius 3 is 1.86 bits per heavy atom. The Hall–Kier alpha value is -7.09. The first kappa shape index (κ1) is 53.3. The number of carbonyl (C=O) groups is 1. The molecule has 2 aromatic heterocycles. The summed E-state index contributed by atoms with van der Waals surface area (Å²) in [6.07, 6.45) is 2.84. The summed E-state index contributed by atoms with van der Waals surface area (Å²) in [5.74, 6) is 2.76. The van der Waals surface area contributed by atoms with Crippen LogP contribution in [0.1, 0.15) is 81.9 Å². The van der Waals surface area contributed by atoms with Crippen molar-refractivity contribution in [1.82, 2.24) is 34.3 Å². The molecule has 374 valence electrons. The molecule has 2 aliphatic heterocycles. The van der Waals surface area contributed by atoms with E-state index in [1.165, 1.54) is 0 Å². The molecule has 3 aliphatic rings. The van der Waals surface area contributed by atoms with Gasteiger partial charge in [-0.2, -0.15) is 10.5 Å². The van der Waals surface area contributed by atoms with Crippen molar-refractivity contribution in [2.24, 2.45) is 27.7 Å². The quantitative estimate of drug-likeness (QED) is 0.0677. The van der Waals surface area contributed by atoms with Crippen molar-refractivity contribution in [3.63, 3.8) is 0 Å². The third-order valence-electron chi connectivity index (χ3n) is 12.7. The number of aryl methyl sites for hydroxylation is 4. The van der Waals surface area contributed by atoms with Gasteiger partial charge in [0, 0.05) is 44.1 Å². The van der Waals surface area contributed by atoms with Crippen LogP contribution in [0.4, 0.5) is 22.7 Å². The SMILES string of the molecule is CCN(CCNS(C)(=O)=O)c1ccc(N=C2C(C(=O)OC3C(C)CC(C)CC3C)=C(C#N)c3nnc(C)n32)c(C)c1.[C-]#[N+]C1=C(C#N)c2nnc(C)n2C1=Nc1ccc(N(CC)CCOCCO)cc1C. The molecule has 21 heteroatoms. The lowest BCUT2D eigenvalue weighted by Crippen LogP contribution is -2.38. The van der Waals surface area contributed by atoms with Gasteiger partial charge in [0.15, 0.2) is 17.5 Å². The fourth-order valence-electron chi connectivity index (χ4n) is 9.34. The number of fused-ring (bicyclic) bond motifs is 2. The molecular weight excluding hydrogens is 925 g/mol. The molecule has 2 atom stereocenters. The number of aliphatic imine (C=N–C) groups is 2. The second kappa shape index (κ2) is 23.2. The van der Waals surface area contributed by atoms with E-state index in [0.29, 0.717) is 73.4 Å². The number of aliphatic hydroxyl groups excluding tert-OH is 1. The van der Waals surface area contributed by atoms with E-state index < -0.39 is 16.0 Å². The predicted molar refractivity (Wildman–Crippen MR) is 272 cm³/mol. The number of hydrogen-bond donors (Lipinski definition) is 2. The molecule has 1 fully saturated rings. The van der Waals surface area contributed by atoms with Gasteiger partial charge in [-0.3, -0.25) is 9.13 Å². The summed E-state index contributed by atoms with van der Waals surface area (Å²) in [6.45, 7) is 29.3. The Labute approximate surface area is 415 Å². The summed E-state index contributed by atoms with van der Waals surface area (Å²) in [7, 11) is -3.27. The van der Waals surface area contributed by atoms with Crippen LogP contribution in [0.15, 0.2) is 57.7 Å². The molecule has 4 heterocycles. The highest BCUT2D eigenvalue weighted by molar-refractivity contribution is 7.88. The van der Waals surface area contributed by atoms with Crippen LogP contribution in [-0.4, -0.2) is 126 Å². The second-order valence-corrected chi connectivity index (χ2v) is 19.8. The van der Waals surface area contributed by atoms with Gasteiger partial charge in [0.1, 0.15) is 46.4 Å². The normalized spacial score (nSPS) is 19.4. The van der Waals surface area contributed by atoms with Crippen LogP contribution in [0.2, 0.25) is 0 Å². The zero-order valence-corrected chi connectivity index (χ0v) is 42.9. The second-order valence-electron chi connectivity index (χ2n) is 18.0. The lowest BCUT2D eigenvalue weighted by Gasteiger charge is -2.37. The van der Waals surface area contributed by atoms with Crippen LogP contribution in [0.3, 0.4) is 0 Å². The van der Waals surface area contributed by atoms with Gasteiger partial charge in [-0.05, 0) is 120 Å². The van der Waals surface area contributed by atoms with Gasteiger partial charge in [-0.1, -0.05) is 20.8 Å². The number of hydrogen-bond acceptors (Lipinski definition) is 16. The standard InChI is InChI=1S/C29H39N7O4S.C21H23N7O2/c1-8-35(12-11-31-41(7,38)39)22-9-10-24(18(3)15-22)32-28-25(23(16-30)27-34-33-21(6)36(27)28)29(37)40-26-19(4)13-17(2)14-20(26)5;1-5-27(8-10-30-11-9-29)16-6-7-18(14(2)12-16)24-21-19(23-4)17(13-22)20-26-25-15(3)28(20)21/h9-10,15,17,19-20,26,31H,8,11-14H2,1-7H3;6-7,12,29H,5,8-11H2,1-3H3. The molecule has 2 aromatic carbocycles. The minimum atomic E-state index is -3.27. The monoisotopic (exact) mass is 986 g/mol. The lowest BCUT2D eigenvalue weighted by atomic mass is 9.75. The van der Waals surface area contributed by atoms with Crippen molar-refractivity contribution in [2.75, 3.05) is 68.6 Å². The van der Waals surface area contributed by atoms with Gasteiger partial charge >= 0.3 is 5.97 Å². The Kier molecular flexibility index (Phi) is 17.4. The van der Waals surface area contributed by atoms with E-state index in [0.717, 1.165) is 48.1 Å². The predicted octanol–water partition coefficient (Wildman–Crippen LogP) is 6.23. The fraction of sp³-hybridized carbons (Fsp3) is 0.480. The number of allylic oxidation sites excluding steroid dienone is 3. The fourth-order valence-corrected chi connectivity index (χ4v) is 9.80. The average molecular weight is 987 g/mol. The smallest absolute Gasteiger partial charge is 0.343 e. The zero-order valence-electron chi connectivity index (χ0n) is 42.1. The van der Waals surface area contributed by atoms with E-state index in [2.05, 4.69) is 79.6 Å². The molecule has 0 saturated heterocycles. The van der Waals surface area contributed by atoms with Gasteiger partial charge in [-0.15, -0.1) is 20.4 Å². The number of benzene rings is 2. The Morgan fingerprint density at radius 2 is 1.37 bits per heavy atom. The molecule has 2 N–H and O–H groups in total. The number of ether oxygens (including phenoxy) is 2. The van der Waals surface area contributed by atoms with Crippen molar-refractivity contribution < 1.29 is 27.8 Å². The number of nitrogens with one attached hydrogen (secondary N) is 1. The number of aromatic nitrogens is 6. The number of anilines is 2.